The van der Waals surface area contributed by atoms with Gasteiger partial charge >= 0.3 is 0 Å². The number of aliphatic hydroxyl groups is 3. The van der Waals surface area contributed by atoms with Crippen LogP contribution < -0.4 is 16.0 Å². The number of nitrogens with zero attached hydrogens (tertiary/aromatic N) is 3. The molecular weight excluding hydrogens is 614 g/mol. The number of rotatable bonds is 6. The van der Waals surface area contributed by atoms with Crippen molar-refractivity contribution >= 4 is 52.3 Å². The van der Waals surface area contributed by atoms with Crippen LogP contribution in [0.1, 0.15) is 30.4 Å². The Morgan fingerprint density at radius 1 is 1.09 bits per heavy atom. The second-order valence-corrected chi connectivity index (χ2v) is 14.7. The van der Waals surface area contributed by atoms with Crippen LogP contribution in [-0.4, -0.2) is 124 Å². The average molecular weight is 656 g/mol. The van der Waals surface area contributed by atoms with Gasteiger partial charge < -0.3 is 36.4 Å². The maximum absolute atomic E-state index is 14.2. The lowest BCUT2D eigenvalue weighted by molar-refractivity contribution is -0.153. The molecule has 46 heavy (non-hydrogen) atoms. The molecule has 3 aliphatic carbocycles. The van der Waals surface area contributed by atoms with Gasteiger partial charge in [-0.05, 0) is 68.8 Å². The number of ketones is 2. The van der Waals surface area contributed by atoms with Gasteiger partial charge in [0.15, 0.2) is 11.4 Å². The fraction of sp³-hybridized carbons (Fsp3) is 0.562. The largest absolute Gasteiger partial charge is 0.508 e. The number of aromatic hydroxyl groups is 1. The summed E-state index contributed by atoms with van der Waals surface area (Å²) in [5.41, 5.74) is 2.72. The Hall–Kier alpha value is -3.59. The number of phenolic OH excluding ortho intramolecular Hbond substituents is 1. The third-order valence-electron chi connectivity index (χ3n) is 10.4. The van der Waals surface area contributed by atoms with Crippen LogP contribution >= 0.6 is 11.8 Å². The first kappa shape index (κ1) is 32.4. The highest BCUT2D eigenvalue weighted by Gasteiger charge is 2.64. The Balaban J connectivity index is 1.38. The number of aliphatic hydroxyl groups excluding tert-OH is 2. The number of likely N-dealkylation sites (tertiary alicyclic amines) is 1. The monoisotopic (exact) mass is 655 g/mol. The first-order valence-corrected chi connectivity index (χ1v) is 16.7. The first-order valence-electron chi connectivity index (χ1n) is 15.5. The lowest BCUT2D eigenvalue weighted by Gasteiger charge is -2.50. The number of nitrogens with one attached hydrogen (secondary N) is 1. The summed E-state index contributed by atoms with van der Waals surface area (Å²) >= 11 is 1.95. The summed E-state index contributed by atoms with van der Waals surface area (Å²) in [5.74, 6) is -5.47. The van der Waals surface area contributed by atoms with Gasteiger partial charge in [-0.3, -0.25) is 29.0 Å². The van der Waals surface area contributed by atoms with E-state index in [0.29, 0.717) is 30.4 Å². The number of benzene rings is 1. The van der Waals surface area contributed by atoms with E-state index in [4.69, 9.17) is 5.73 Å². The molecule has 2 heterocycles. The lowest BCUT2D eigenvalue weighted by atomic mass is 9.57. The Morgan fingerprint density at radius 2 is 1.74 bits per heavy atom. The molecule has 2 aliphatic heterocycles. The van der Waals surface area contributed by atoms with Crippen molar-refractivity contribution in [2.75, 3.05) is 63.0 Å². The van der Waals surface area contributed by atoms with Gasteiger partial charge in [0.25, 0.3) is 5.91 Å². The SMILES string of the molecule is CN(C)c1cc(NC(=O)C2CN(C3CCSCC3)C2)c(O)c2c1C[C@H]1C[C@H]3[C@H](N(C)C)C(=O)C(C(N)=O)=C(O)[C@@]3(O)C(=O)C1=C2O. The number of hydrogen-bond donors (Lipinski definition) is 6. The normalized spacial score (nSPS) is 28.9. The zero-order valence-electron chi connectivity index (χ0n) is 26.4. The number of phenols is 1. The molecule has 2 amide bonds. The zero-order valence-corrected chi connectivity index (χ0v) is 27.2. The van der Waals surface area contributed by atoms with Crippen molar-refractivity contribution < 1.29 is 39.6 Å². The van der Waals surface area contributed by atoms with Crippen LogP contribution in [-0.2, 0) is 25.6 Å². The molecule has 0 bridgehead atoms. The van der Waals surface area contributed by atoms with Gasteiger partial charge in [-0.15, -0.1) is 0 Å². The molecule has 14 heteroatoms. The highest BCUT2D eigenvalue weighted by molar-refractivity contribution is 7.99. The summed E-state index contributed by atoms with van der Waals surface area (Å²) in [7, 11) is 6.67. The second-order valence-electron chi connectivity index (χ2n) is 13.5. The van der Waals surface area contributed by atoms with E-state index in [1.165, 1.54) is 4.90 Å². The highest BCUT2D eigenvalue weighted by atomic mass is 32.2. The zero-order chi connectivity index (χ0) is 33.4. The lowest BCUT2D eigenvalue weighted by Crippen LogP contribution is -2.65. The van der Waals surface area contributed by atoms with E-state index in [1.54, 1.807) is 39.2 Å². The van der Waals surface area contributed by atoms with Crippen molar-refractivity contribution in [2.45, 2.75) is 43.4 Å². The van der Waals surface area contributed by atoms with E-state index in [2.05, 4.69) is 10.2 Å². The minimum atomic E-state index is -2.72. The molecule has 248 valence electrons. The molecule has 5 aliphatic rings. The molecule has 1 saturated carbocycles. The van der Waals surface area contributed by atoms with Gasteiger partial charge in [0, 0.05) is 50.4 Å². The molecular formula is C32H41N5O8S. The summed E-state index contributed by atoms with van der Waals surface area (Å²) < 4.78 is 0. The van der Waals surface area contributed by atoms with E-state index in [1.807, 2.05) is 11.8 Å². The number of nitrogens with two attached hydrogens (primary N) is 1. The number of thioether (sulfide) groups is 1. The minimum absolute atomic E-state index is 0.00422. The Morgan fingerprint density at radius 3 is 2.33 bits per heavy atom. The third-order valence-corrected chi connectivity index (χ3v) is 11.5. The van der Waals surface area contributed by atoms with Crippen LogP contribution in [0.5, 0.6) is 5.75 Å². The number of likely N-dealkylation sites (N-methyl/N-ethyl adjacent to an activating group) is 1. The molecule has 0 radical (unpaired) electrons. The maximum Gasteiger partial charge on any atom is 0.255 e. The van der Waals surface area contributed by atoms with E-state index in [0.717, 1.165) is 24.3 Å². The molecule has 1 aromatic carbocycles. The topological polar surface area (TPSA) is 197 Å². The first-order chi connectivity index (χ1) is 21.7. The van der Waals surface area contributed by atoms with Crippen molar-refractivity contribution in [3.8, 4) is 5.75 Å². The molecule has 13 nitrogen and oxygen atoms in total. The fourth-order valence-corrected chi connectivity index (χ4v) is 9.13. The van der Waals surface area contributed by atoms with E-state index in [-0.39, 0.29) is 41.5 Å². The molecule has 4 atom stereocenters. The molecule has 3 fully saturated rings. The van der Waals surface area contributed by atoms with Crippen LogP contribution in [0.15, 0.2) is 23.0 Å². The summed E-state index contributed by atoms with van der Waals surface area (Å²) in [4.78, 5) is 58.6. The number of amides is 2. The van der Waals surface area contributed by atoms with Crippen LogP contribution in [0.2, 0.25) is 0 Å². The average Bonchev–Trinajstić information content (AvgIpc) is 2.95. The van der Waals surface area contributed by atoms with Crippen LogP contribution in [0.4, 0.5) is 11.4 Å². The van der Waals surface area contributed by atoms with E-state index < -0.39 is 63.8 Å². The van der Waals surface area contributed by atoms with Crippen molar-refractivity contribution in [1.29, 1.82) is 0 Å². The quantitative estimate of drug-likeness (QED) is 0.187. The predicted molar refractivity (Wildman–Crippen MR) is 173 cm³/mol. The minimum Gasteiger partial charge on any atom is -0.508 e. The molecule has 2 saturated heterocycles. The summed E-state index contributed by atoms with van der Waals surface area (Å²) in [6.45, 7) is 1.25. The molecule has 1 aromatic rings. The Labute approximate surface area is 271 Å². The number of carbonyl (C=O) groups is 4. The summed E-state index contributed by atoms with van der Waals surface area (Å²) in [6.07, 6.45) is 2.35. The van der Waals surface area contributed by atoms with Gasteiger partial charge in [-0.25, -0.2) is 0 Å². The second kappa shape index (κ2) is 11.6. The smallest absolute Gasteiger partial charge is 0.255 e. The number of hydrogen-bond acceptors (Lipinski definition) is 12. The third kappa shape index (κ3) is 4.79. The van der Waals surface area contributed by atoms with Crippen molar-refractivity contribution in [3.05, 3.63) is 34.1 Å². The van der Waals surface area contributed by atoms with E-state index >= 15 is 0 Å². The number of Topliss-reactive ketones (excluding diaryl/α,β-unsaturated/α-hetero) is 2. The highest BCUT2D eigenvalue weighted by Crippen LogP contribution is 2.54. The standard InChI is InChI=1S/C32H41N5O8S/c1-35(2)20-11-19(34-31(44)15-12-37(13-15)16-5-7-46-8-6-16)25(38)22-17(20)9-14-10-18-24(36(3)4)27(40)23(30(33)43)29(42)32(18,45)28(41)21(14)26(22)39/h11,14-16,18,24,38-39,42,45H,5-10,12-13H2,1-4H3,(H2,33,43)(H,34,44)/t14-,18-,24-,32-/m0/s1. The van der Waals surface area contributed by atoms with Crippen molar-refractivity contribution in [3.63, 3.8) is 0 Å². The van der Waals surface area contributed by atoms with Crippen LogP contribution in [0.25, 0.3) is 5.76 Å². The summed E-state index contributed by atoms with van der Waals surface area (Å²) in [5, 5.41) is 48.9. The van der Waals surface area contributed by atoms with Gasteiger partial charge in [0.1, 0.15) is 22.8 Å². The number of fused-ring (bicyclic) bond motifs is 3. The molecule has 7 N–H and O–H groups in total. The Bertz CT molecular complexity index is 1590. The predicted octanol–water partition coefficient (Wildman–Crippen LogP) is 0.796. The van der Waals surface area contributed by atoms with Crippen molar-refractivity contribution in [2.24, 2.45) is 23.5 Å². The molecule has 6 rings (SSSR count). The van der Waals surface area contributed by atoms with E-state index in [9.17, 15) is 39.6 Å². The van der Waals surface area contributed by atoms with Gasteiger partial charge in [-0.2, -0.15) is 11.8 Å². The fourth-order valence-electron chi connectivity index (χ4n) is 8.05. The van der Waals surface area contributed by atoms with Crippen LogP contribution in [0.3, 0.4) is 0 Å². The number of primary amides is 1. The summed E-state index contributed by atoms with van der Waals surface area (Å²) in [6, 6.07) is 0.960. The van der Waals surface area contributed by atoms with Gasteiger partial charge in [-0.1, -0.05) is 0 Å². The van der Waals surface area contributed by atoms with Crippen molar-refractivity contribution in [1.82, 2.24) is 9.80 Å². The Kier molecular flexibility index (Phi) is 8.15. The molecule has 0 unspecified atom stereocenters. The maximum atomic E-state index is 14.2. The molecule has 0 spiro atoms. The number of carbonyl (C=O) groups excluding carboxylic acids is 4. The van der Waals surface area contributed by atoms with Gasteiger partial charge in [0.05, 0.1) is 23.2 Å². The number of anilines is 2. The van der Waals surface area contributed by atoms with Gasteiger partial charge in [0.2, 0.25) is 11.7 Å². The van der Waals surface area contributed by atoms with Crippen LogP contribution in [0, 0.1) is 17.8 Å². The molecule has 0 aromatic heterocycles.